The summed E-state index contributed by atoms with van der Waals surface area (Å²) in [6.07, 6.45) is 3.93. The van der Waals surface area contributed by atoms with Crippen LogP contribution in [0.3, 0.4) is 0 Å². The fourth-order valence-electron chi connectivity index (χ4n) is 2.80. The summed E-state index contributed by atoms with van der Waals surface area (Å²) >= 11 is 1.46. The molecule has 5 nitrogen and oxygen atoms in total. The van der Waals surface area contributed by atoms with Crippen LogP contribution >= 0.6 is 11.8 Å². The molecule has 0 aliphatic carbocycles. The first kappa shape index (κ1) is 19.9. The maximum Gasteiger partial charge on any atom is 0.323 e. The van der Waals surface area contributed by atoms with Gasteiger partial charge in [-0.2, -0.15) is 0 Å². The first-order valence-corrected chi connectivity index (χ1v) is 9.83. The molecule has 0 spiro atoms. The van der Waals surface area contributed by atoms with Crippen molar-refractivity contribution >= 4 is 17.7 Å². The van der Waals surface area contributed by atoms with Gasteiger partial charge in [-0.1, -0.05) is 12.1 Å². The third-order valence-electron chi connectivity index (χ3n) is 4.21. The molecule has 0 bridgehead atoms. The van der Waals surface area contributed by atoms with E-state index in [-0.39, 0.29) is 5.97 Å². The van der Waals surface area contributed by atoms with Crippen molar-refractivity contribution in [1.82, 2.24) is 4.57 Å². The molecule has 3 rings (SSSR count). The predicted octanol–water partition coefficient (Wildman–Crippen LogP) is 4.89. The Hall–Kier alpha value is -2.86. The third-order valence-corrected chi connectivity index (χ3v) is 5.51. The van der Waals surface area contributed by atoms with E-state index in [0.29, 0.717) is 6.61 Å². The molecule has 0 aliphatic heterocycles. The largest absolute Gasteiger partial charge is 0.497 e. The number of ether oxygens (including phenoxy) is 3. The van der Waals surface area contributed by atoms with E-state index in [1.54, 1.807) is 14.2 Å². The third kappa shape index (κ3) is 4.51. The number of nitrogens with zero attached hydrogens (tertiary/aromatic N) is 1. The molecule has 0 amide bonds. The standard InChI is InChI=1S/C22H23NO4S/c1-4-27-22(24)21(16-7-9-17(25-2)10-8-16)28-20-12-11-18(26-3)15-19(20)23-13-5-6-14-23/h5-15,21H,4H2,1-3H3. The van der Waals surface area contributed by atoms with Crippen molar-refractivity contribution in [3.63, 3.8) is 0 Å². The van der Waals surface area contributed by atoms with E-state index >= 15 is 0 Å². The number of aromatic nitrogens is 1. The Morgan fingerprint density at radius 1 is 1.00 bits per heavy atom. The van der Waals surface area contributed by atoms with E-state index in [4.69, 9.17) is 14.2 Å². The van der Waals surface area contributed by atoms with Crippen LogP contribution in [0.1, 0.15) is 17.7 Å². The van der Waals surface area contributed by atoms with Gasteiger partial charge in [-0.15, -0.1) is 11.8 Å². The van der Waals surface area contributed by atoms with Crippen molar-refractivity contribution in [3.8, 4) is 17.2 Å². The Morgan fingerprint density at radius 3 is 2.25 bits per heavy atom. The molecule has 0 saturated heterocycles. The minimum absolute atomic E-state index is 0.271. The van der Waals surface area contributed by atoms with E-state index in [1.165, 1.54) is 11.8 Å². The smallest absolute Gasteiger partial charge is 0.323 e. The Balaban J connectivity index is 1.99. The second-order valence-corrected chi connectivity index (χ2v) is 7.09. The zero-order valence-electron chi connectivity index (χ0n) is 16.1. The number of benzene rings is 2. The maximum atomic E-state index is 12.7. The van der Waals surface area contributed by atoms with Crippen LogP contribution in [0.15, 0.2) is 71.9 Å². The van der Waals surface area contributed by atoms with Gasteiger partial charge >= 0.3 is 5.97 Å². The molecule has 28 heavy (non-hydrogen) atoms. The van der Waals surface area contributed by atoms with Crippen LogP contribution in [0.2, 0.25) is 0 Å². The Morgan fingerprint density at radius 2 is 1.64 bits per heavy atom. The quantitative estimate of drug-likeness (QED) is 0.400. The molecule has 0 N–H and O–H groups in total. The van der Waals surface area contributed by atoms with Gasteiger partial charge in [-0.25, -0.2) is 0 Å². The average molecular weight is 397 g/mol. The van der Waals surface area contributed by atoms with Gasteiger partial charge in [0.25, 0.3) is 0 Å². The van der Waals surface area contributed by atoms with Gasteiger partial charge in [-0.3, -0.25) is 4.79 Å². The predicted molar refractivity (Wildman–Crippen MR) is 111 cm³/mol. The maximum absolute atomic E-state index is 12.7. The van der Waals surface area contributed by atoms with Gasteiger partial charge < -0.3 is 18.8 Å². The van der Waals surface area contributed by atoms with Crippen molar-refractivity contribution in [1.29, 1.82) is 0 Å². The van der Waals surface area contributed by atoms with Gasteiger partial charge in [0.15, 0.2) is 0 Å². The topological polar surface area (TPSA) is 49.7 Å². The highest BCUT2D eigenvalue weighted by Gasteiger charge is 2.25. The van der Waals surface area contributed by atoms with Crippen molar-refractivity contribution in [2.75, 3.05) is 20.8 Å². The summed E-state index contributed by atoms with van der Waals surface area (Å²) in [7, 11) is 3.26. The number of hydrogen-bond donors (Lipinski definition) is 0. The molecule has 1 unspecified atom stereocenters. The summed E-state index contributed by atoms with van der Waals surface area (Å²) in [6, 6.07) is 17.2. The molecule has 146 valence electrons. The summed E-state index contributed by atoms with van der Waals surface area (Å²) in [5.74, 6) is 1.23. The molecule has 6 heteroatoms. The van der Waals surface area contributed by atoms with Gasteiger partial charge in [0, 0.05) is 23.4 Å². The molecule has 1 aromatic heterocycles. The van der Waals surface area contributed by atoms with Gasteiger partial charge in [0.05, 0.1) is 26.5 Å². The monoisotopic (exact) mass is 397 g/mol. The molecule has 1 atom stereocenters. The molecule has 0 radical (unpaired) electrons. The lowest BCUT2D eigenvalue weighted by molar-refractivity contribution is -0.142. The molecule has 0 saturated carbocycles. The second kappa shape index (κ2) is 9.37. The summed E-state index contributed by atoms with van der Waals surface area (Å²) in [5.41, 5.74) is 1.80. The first-order chi connectivity index (χ1) is 13.7. The Labute approximate surface area is 169 Å². The zero-order valence-corrected chi connectivity index (χ0v) is 16.9. The van der Waals surface area contributed by atoms with E-state index in [0.717, 1.165) is 27.6 Å². The van der Waals surface area contributed by atoms with Crippen molar-refractivity contribution in [2.24, 2.45) is 0 Å². The van der Waals surface area contributed by atoms with E-state index in [1.807, 2.05) is 78.5 Å². The lowest BCUT2D eigenvalue weighted by Gasteiger charge is -2.19. The number of rotatable bonds is 8. The molecule has 2 aromatic carbocycles. The average Bonchev–Trinajstić information content (AvgIpc) is 3.27. The van der Waals surface area contributed by atoms with E-state index in [2.05, 4.69) is 0 Å². The minimum Gasteiger partial charge on any atom is -0.497 e. The second-order valence-electron chi connectivity index (χ2n) is 5.95. The molecule has 1 heterocycles. The highest BCUT2D eigenvalue weighted by molar-refractivity contribution is 8.00. The van der Waals surface area contributed by atoms with Gasteiger partial charge in [-0.05, 0) is 48.9 Å². The molecule has 0 fully saturated rings. The van der Waals surface area contributed by atoms with Gasteiger partial charge in [0.2, 0.25) is 0 Å². The normalized spacial score (nSPS) is 11.7. The first-order valence-electron chi connectivity index (χ1n) is 8.95. The summed E-state index contributed by atoms with van der Waals surface area (Å²) < 4.78 is 18.0. The lowest BCUT2D eigenvalue weighted by Crippen LogP contribution is -2.13. The van der Waals surface area contributed by atoms with Crippen LogP contribution in [0, 0.1) is 0 Å². The summed E-state index contributed by atoms with van der Waals surface area (Å²) in [4.78, 5) is 13.7. The summed E-state index contributed by atoms with van der Waals surface area (Å²) in [5, 5.41) is -0.492. The number of esters is 1. The van der Waals surface area contributed by atoms with Crippen molar-refractivity contribution in [2.45, 2.75) is 17.1 Å². The molecule has 3 aromatic rings. The fourth-order valence-corrected chi connectivity index (χ4v) is 3.94. The van der Waals surface area contributed by atoms with Crippen molar-refractivity contribution in [3.05, 3.63) is 72.6 Å². The zero-order chi connectivity index (χ0) is 19.9. The number of carbonyl (C=O) groups excluding carboxylic acids is 1. The number of hydrogen-bond acceptors (Lipinski definition) is 5. The van der Waals surface area contributed by atoms with Crippen LogP contribution in [0.25, 0.3) is 5.69 Å². The van der Waals surface area contributed by atoms with Crippen LogP contribution < -0.4 is 9.47 Å². The Bertz CT molecular complexity index is 907. The van der Waals surface area contributed by atoms with Crippen LogP contribution in [-0.4, -0.2) is 31.4 Å². The molecular weight excluding hydrogens is 374 g/mol. The number of thioether (sulfide) groups is 1. The number of carbonyl (C=O) groups is 1. The van der Waals surface area contributed by atoms with E-state index in [9.17, 15) is 4.79 Å². The highest BCUT2D eigenvalue weighted by Crippen LogP contribution is 2.40. The van der Waals surface area contributed by atoms with E-state index < -0.39 is 5.25 Å². The van der Waals surface area contributed by atoms with Crippen molar-refractivity contribution < 1.29 is 19.0 Å². The van der Waals surface area contributed by atoms with Gasteiger partial charge in [0.1, 0.15) is 16.7 Å². The number of methoxy groups -OCH3 is 2. The SMILES string of the molecule is CCOC(=O)C(Sc1ccc(OC)cc1-n1cccc1)c1ccc(OC)cc1. The Kier molecular flexibility index (Phi) is 6.66. The highest BCUT2D eigenvalue weighted by atomic mass is 32.2. The van der Waals surface area contributed by atoms with Crippen LogP contribution in [-0.2, 0) is 9.53 Å². The minimum atomic E-state index is -0.492. The molecular formula is C22H23NO4S. The lowest BCUT2D eigenvalue weighted by atomic mass is 10.1. The van der Waals surface area contributed by atoms with Crippen LogP contribution in [0.4, 0.5) is 0 Å². The molecule has 0 aliphatic rings. The fraction of sp³-hybridized carbons (Fsp3) is 0.227. The summed E-state index contributed by atoms with van der Waals surface area (Å²) in [6.45, 7) is 2.14. The van der Waals surface area contributed by atoms with Crippen LogP contribution in [0.5, 0.6) is 11.5 Å².